The van der Waals surface area contributed by atoms with E-state index < -0.39 is 0 Å². The lowest BCUT2D eigenvalue weighted by Crippen LogP contribution is -1.93. The van der Waals surface area contributed by atoms with Crippen LogP contribution in [0.15, 0.2) is 49.6 Å². The minimum Gasteiger partial charge on any atom is -0.306 e. The van der Waals surface area contributed by atoms with Gasteiger partial charge < -0.3 is 4.57 Å². The van der Waals surface area contributed by atoms with Gasteiger partial charge in [-0.3, -0.25) is 0 Å². The van der Waals surface area contributed by atoms with Gasteiger partial charge in [-0.2, -0.15) is 0 Å². The SMILES string of the molecule is C=C(c1ccc(C)cc1)n1ccnc1. The molecule has 1 aromatic heterocycles. The van der Waals surface area contributed by atoms with Crippen LogP contribution in [0.2, 0.25) is 0 Å². The Morgan fingerprint density at radius 1 is 1.29 bits per heavy atom. The van der Waals surface area contributed by atoms with E-state index in [1.807, 2.05) is 10.8 Å². The Morgan fingerprint density at radius 2 is 2.00 bits per heavy atom. The lowest BCUT2D eigenvalue weighted by atomic mass is 10.1. The van der Waals surface area contributed by atoms with Crippen molar-refractivity contribution in [1.29, 1.82) is 0 Å². The molecule has 0 fully saturated rings. The van der Waals surface area contributed by atoms with Crippen LogP contribution in [0.3, 0.4) is 0 Å². The zero-order chi connectivity index (χ0) is 9.97. The van der Waals surface area contributed by atoms with Crippen LogP contribution >= 0.6 is 0 Å². The second-order valence-corrected chi connectivity index (χ2v) is 3.28. The van der Waals surface area contributed by atoms with Crippen molar-refractivity contribution in [2.45, 2.75) is 6.92 Å². The molecule has 0 spiro atoms. The molecule has 0 bridgehead atoms. The molecule has 0 saturated carbocycles. The number of hydrogen-bond acceptors (Lipinski definition) is 1. The largest absolute Gasteiger partial charge is 0.306 e. The molecule has 0 aliphatic heterocycles. The van der Waals surface area contributed by atoms with Crippen molar-refractivity contribution in [2.75, 3.05) is 0 Å². The maximum atomic E-state index is 4.02. The molecule has 0 amide bonds. The maximum Gasteiger partial charge on any atom is 0.0991 e. The van der Waals surface area contributed by atoms with Gasteiger partial charge in [0.15, 0.2) is 0 Å². The predicted octanol–water partition coefficient (Wildman–Crippen LogP) is 2.71. The molecule has 2 rings (SSSR count). The molecule has 2 aromatic rings. The normalized spacial score (nSPS) is 10.1. The Morgan fingerprint density at radius 3 is 2.57 bits per heavy atom. The van der Waals surface area contributed by atoms with Crippen LogP contribution < -0.4 is 0 Å². The first-order chi connectivity index (χ1) is 6.77. The van der Waals surface area contributed by atoms with Crippen molar-refractivity contribution in [2.24, 2.45) is 0 Å². The molecule has 0 atom stereocenters. The molecule has 0 saturated heterocycles. The van der Waals surface area contributed by atoms with Gasteiger partial charge in [-0.25, -0.2) is 4.98 Å². The number of hydrogen-bond donors (Lipinski definition) is 0. The Kier molecular flexibility index (Phi) is 2.19. The number of aryl methyl sites for hydroxylation is 1. The van der Waals surface area contributed by atoms with Crippen molar-refractivity contribution in [1.82, 2.24) is 9.55 Å². The molecule has 14 heavy (non-hydrogen) atoms. The van der Waals surface area contributed by atoms with Gasteiger partial charge in [0.1, 0.15) is 0 Å². The third kappa shape index (κ3) is 1.59. The third-order valence-corrected chi connectivity index (χ3v) is 2.20. The number of rotatable bonds is 2. The molecule has 0 unspecified atom stereocenters. The van der Waals surface area contributed by atoms with Crippen LogP contribution in [0.1, 0.15) is 11.1 Å². The first kappa shape index (κ1) is 8.75. The van der Waals surface area contributed by atoms with Gasteiger partial charge in [0.25, 0.3) is 0 Å². The zero-order valence-electron chi connectivity index (χ0n) is 8.14. The quantitative estimate of drug-likeness (QED) is 0.701. The van der Waals surface area contributed by atoms with E-state index in [0.717, 1.165) is 11.3 Å². The van der Waals surface area contributed by atoms with Gasteiger partial charge in [0, 0.05) is 18.1 Å². The minimum atomic E-state index is 0.947. The fraction of sp³-hybridized carbons (Fsp3) is 0.0833. The summed E-state index contributed by atoms with van der Waals surface area (Å²) < 4.78 is 1.91. The highest BCUT2D eigenvalue weighted by molar-refractivity contribution is 5.63. The van der Waals surface area contributed by atoms with Crippen LogP contribution in [0.25, 0.3) is 5.70 Å². The smallest absolute Gasteiger partial charge is 0.0991 e. The van der Waals surface area contributed by atoms with Gasteiger partial charge in [-0.15, -0.1) is 0 Å². The monoisotopic (exact) mass is 184 g/mol. The number of imidazole rings is 1. The van der Waals surface area contributed by atoms with E-state index in [2.05, 4.69) is 42.8 Å². The molecule has 0 radical (unpaired) electrons. The van der Waals surface area contributed by atoms with Crippen molar-refractivity contribution in [3.05, 3.63) is 60.7 Å². The molecule has 1 heterocycles. The Hall–Kier alpha value is -1.83. The second kappa shape index (κ2) is 3.50. The van der Waals surface area contributed by atoms with Crippen LogP contribution in [0.5, 0.6) is 0 Å². The summed E-state index contributed by atoms with van der Waals surface area (Å²) in [6.07, 6.45) is 5.39. The molecule has 2 heteroatoms. The first-order valence-electron chi connectivity index (χ1n) is 4.51. The molecule has 2 nitrogen and oxygen atoms in total. The highest BCUT2D eigenvalue weighted by Crippen LogP contribution is 2.14. The van der Waals surface area contributed by atoms with Crippen molar-refractivity contribution in [3.8, 4) is 0 Å². The van der Waals surface area contributed by atoms with Gasteiger partial charge in [0.05, 0.1) is 6.33 Å². The number of benzene rings is 1. The van der Waals surface area contributed by atoms with Crippen LogP contribution in [0, 0.1) is 6.92 Å². The van der Waals surface area contributed by atoms with Crippen molar-refractivity contribution >= 4 is 5.70 Å². The van der Waals surface area contributed by atoms with E-state index in [1.165, 1.54) is 5.56 Å². The fourth-order valence-electron chi connectivity index (χ4n) is 1.31. The summed E-state index contributed by atoms with van der Waals surface area (Å²) in [7, 11) is 0. The zero-order valence-corrected chi connectivity index (χ0v) is 8.14. The summed E-state index contributed by atoms with van der Waals surface area (Å²) in [5.74, 6) is 0. The van der Waals surface area contributed by atoms with Crippen LogP contribution in [-0.2, 0) is 0 Å². The molecule has 70 valence electrons. The Labute approximate surface area is 83.5 Å². The lowest BCUT2D eigenvalue weighted by Gasteiger charge is -2.06. The Bertz CT molecular complexity index is 424. The van der Waals surface area contributed by atoms with Gasteiger partial charge >= 0.3 is 0 Å². The molecule has 1 aromatic carbocycles. The van der Waals surface area contributed by atoms with Crippen molar-refractivity contribution in [3.63, 3.8) is 0 Å². The van der Waals surface area contributed by atoms with E-state index in [1.54, 1.807) is 12.5 Å². The van der Waals surface area contributed by atoms with Gasteiger partial charge in [-0.05, 0) is 12.5 Å². The second-order valence-electron chi connectivity index (χ2n) is 3.28. The van der Waals surface area contributed by atoms with E-state index in [9.17, 15) is 0 Å². The summed E-state index contributed by atoms with van der Waals surface area (Å²) >= 11 is 0. The predicted molar refractivity (Wildman–Crippen MR) is 57.8 cm³/mol. The standard InChI is InChI=1S/C12H12N2/c1-10-3-5-12(6-4-10)11(2)14-8-7-13-9-14/h3-9H,2H2,1H3. The number of nitrogens with zero attached hydrogens (tertiary/aromatic N) is 2. The molecule has 0 N–H and O–H groups in total. The highest BCUT2D eigenvalue weighted by atomic mass is 15.0. The average Bonchev–Trinajstić information content (AvgIpc) is 2.71. The third-order valence-electron chi connectivity index (χ3n) is 2.20. The summed E-state index contributed by atoms with van der Waals surface area (Å²) in [4.78, 5) is 3.99. The Balaban J connectivity index is 2.33. The van der Waals surface area contributed by atoms with Gasteiger partial charge in [0.2, 0.25) is 0 Å². The summed E-state index contributed by atoms with van der Waals surface area (Å²) in [5, 5.41) is 0. The van der Waals surface area contributed by atoms with E-state index >= 15 is 0 Å². The molecule has 0 aliphatic rings. The molecule has 0 aliphatic carbocycles. The van der Waals surface area contributed by atoms with Crippen molar-refractivity contribution < 1.29 is 0 Å². The van der Waals surface area contributed by atoms with Crippen LogP contribution in [-0.4, -0.2) is 9.55 Å². The van der Waals surface area contributed by atoms with E-state index in [0.29, 0.717) is 0 Å². The molecular formula is C12H12N2. The average molecular weight is 184 g/mol. The summed E-state index contributed by atoms with van der Waals surface area (Å²) in [6.45, 7) is 6.09. The topological polar surface area (TPSA) is 17.8 Å². The highest BCUT2D eigenvalue weighted by Gasteiger charge is 1.99. The maximum absolute atomic E-state index is 4.02. The van der Waals surface area contributed by atoms with Gasteiger partial charge in [-0.1, -0.05) is 36.4 Å². The van der Waals surface area contributed by atoms with E-state index in [4.69, 9.17) is 0 Å². The lowest BCUT2D eigenvalue weighted by molar-refractivity contribution is 1.09. The summed E-state index contributed by atoms with van der Waals surface area (Å²) in [6, 6.07) is 8.30. The molecular weight excluding hydrogens is 172 g/mol. The first-order valence-corrected chi connectivity index (χ1v) is 4.51. The van der Waals surface area contributed by atoms with Crippen LogP contribution in [0.4, 0.5) is 0 Å². The summed E-state index contributed by atoms with van der Waals surface area (Å²) in [5.41, 5.74) is 3.32. The van der Waals surface area contributed by atoms with E-state index in [-0.39, 0.29) is 0 Å². The number of aromatic nitrogens is 2. The fourth-order valence-corrected chi connectivity index (χ4v) is 1.31. The minimum absolute atomic E-state index is 0.947.